The lowest BCUT2D eigenvalue weighted by Gasteiger charge is -2.24. The predicted octanol–water partition coefficient (Wildman–Crippen LogP) is 4.20. The quantitative estimate of drug-likeness (QED) is 0.303. The molecule has 0 aromatic heterocycles. The van der Waals surface area contributed by atoms with Gasteiger partial charge in [0.25, 0.3) is 15.9 Å². The second-order valence-electron chi connectivity index (χ2n) is 6.84. The van der Waals surface area contributed by atoms with E-state index in [0.717, 1.165) is 14.8 Å². The van der Waals surface area contributed by atoms with Crippen molar-refractivity contribution in [2.75, 3.05) is 17.1 Å². The molecule has 3 aromatic carbocycles. The third-order valence-corrected chi connectivity index (χ3v) is 7.09. The zero-order valence-corrected chi connectivity index (χ0v) is 19.2. The number of amides is 1. The van der Waals surface area contributed by atoms with Crippen molar-refractivity contribution >= 4 is 39.6 Å². The number of anilines is 1. The summed E-state index contributed by atoms with van der Waals surface area (Å²) in [5.41, 5.74) is 3.76. The fourth-order valence-electron chi connectivity index (χ4n) is 2.82. The van der Waals surface area contributed by atoms with Gasteiger partial charge in [0.05, 0.1) is 16.8 Å². The minimum absolute atomic E-state index is 0.0681. The lowest BCUT2D eigenvalue weighted by molar-refractivity contribution is -0.119. The minimum atomic E-state index is -4.02. The number of hydrogen-bond donors (Lipinski definition) is 1. The Morgan fingerprint density at radius 2 is 1.72 bits per heavy atom. The van der Waals surface area contributed by atoms with Crippen molar-refractivity contribution < 1.29 is 17.6 Å². The van der Waals surface area contributed by atoms with E-state index in [0.29, 0.717) is 5.69 Å². The van der Waals surface area contributed by atoms with Gasteiger partial charge in [-0.25, -0.2) is 18.2 Å². The molecule has 166 valence electrons. The normalized spacial score (nSPS) is 11.5. The standard InChI is InChI=1S/C23H22FN3O3S2/c1-17-7-9-19(10-8-17)27(32(29,30)21-13-11-20(31-2)12-14-21)16-23(28)26-25-15-18-5-3-4-6-22(18)24/h3-15H,16H2,1-2H3,(H,26,28)/b25-15-. The Kier molecular flexibility index (Phi) is 7.66. The maximum atomic E-state index is 13.7. The van der Waals surface area contributed by atoms with Gasteiger partial charge >= 0.3 is 0 Å². The van der Waals surface area contributed by atoms with Crippen LogP contribution in [0, 0.1) is 12.7 Å². The van der Waals surface area contributed by atoms with Crippen LogP contribution in [-0.2, 0) is 14.8 Å². The van der Waals surface area contributed by atoms with Gasteiger partial charge in [0.1, 0.15) is 12.4 Å². The van der Waals surface area contributed by atoms with Crippen LogP contribution >= 0.6 is 11.8 Å². The highest BCUT2D eigenvalue weighted by Gasteiger charge is 2.27. The van der Waals surface area contributed by atoms with E-state index in [4.69, 9.17) is 0 Å². The first kappa shape index (κ1) is 23.5. The summed E-state index contributed by atoms with van der Waals surface area (Å²) in [7, 11) is -4.02. The third-order valence-electron chi connectivity index (χ3n) is 4.55. The van der Waals surface area contributed by atoms with Crippen molar-refractivity contribution in [3.05, 3.63) is 89.7 Å². The molecule has 0 heterocycles. The van der Waals surface area contributed by atoms with Crippen molar-refractivity contribution in [2.45, 2.75) is 16.7 Å². The SMILES string of the molecule is CSc1ccc(S(=O)(=O)N(CC(=O)N/N=C\c2ccccc2F)c2ccc(C)cc2)cc1. The molecule has 0 aliphatic rings. The average Bonchev–Trinajstić information content (AvgIpc) is 2.79. The van der Waals surface area contributed by atoms with Crippen molar-refractivity contribution in [2.24, 2.45) is 5.10 Å². The summed E-state index contributed by atoms with van der Waals surface area (Å²) in [4.78, 5) is 13.5. The number of sulfonamides is 1. The van der Waals surface area contributed by atoms with Crippen LogP contribution in [0.4, 0.5) is 10.1 Å². The van der Waals surface area contributed by atoms with Gasteiger partial charge in [0.2, 0.25) is 0 Å². The molecule has 0 atom stereocenters. The van der Waals surface area contributed by atoms with Crippen LogP contribution in [0.5, 0.6) is 0 Å². The van der Waals surface area contributed by atoms with E-state index in [1.165, 1.54) is 42.2 Å². The lowest BCUT2D eigenvalue weighted by Crippen LogP contribution is -2.39. The van der Waals surface area contributed by atoms with Crippen LogP contribution in [0.3, 0.4) is 0 Å². The predicted molar refractivity (Wildman–Crippen MR) is 126 cm³/mol. The van der Waals surface area contributed by atoms with Gasteiger partial charge in [-0.2, -0.15) is 5.10 Å². The monoisotopic (exact) mass is 471 g/mol. The molecular weight excluding hydrogens is 449 g/mol. The van der Waals surface area contributed by atoms with Gasteiger partial charge in [-0.3, -0.25) is 9.10 Å². The second kappa shape index (κ2) is 10.4. The van der Waals surface area contributed by atoms with E-state index in [2.05, 4.69) is 10.5 Å². The number of benzene rings is 3. The number of nitrogens with zero attached hydrogens (tertiary/aromatic N) is 2. The molecule has 0 saturated heterocycles. The summed E-state index contributed by atoms with van der Waals surface area (Å²) in [6.07, 6.45) is 3.06. The molecule has 0 aliphatic heterocycles. The summed E-state index contributed by atoms with van der Waals surface area (Å²) in [5, 5.41) is 3.75. The molecule has 0 saturated carbocycles. The lowest BCUT2D eigenvalue weighted by atomic mass is 10.2. The zero-order chi connectivity index (χ0) is 23.1. The molecule has 1 amide bonds. The Morgan fingerprint density at radius 1 is 1.06 bits per heavy atom. The van der Waals surface area contributed by atoms with Crippen molar-refractivity contribution in [3.63, 3.8) is 0 Å². The molecule has 32 heavy (non-hydrogen) atoms. The number of carbonyl (C=O) groups excluding carboxylic acids is 1. The topological polar surface area (TPSA) is 78.8 Å². The van der Waals surface area contributed by atoms with Crippen molar-refractivity contribution in [3.8, 4) is 0 Å². The van der Waals surface area contributed by atoms with Crippen molar-refractivity contribution in [1.29, 1.82) is 0 Å². The van der Waals surface area contributed by atoms with Crippen LogP contribution in [0.1, 0.15) is 11.1 Å². The molecule has 0 radical (unpaired) electrons. The van der Waals surface area contributed by atoms with Gasteiger partial charge in [-0.05, 0) is 55.6 Å². The molecule has 6 nitrogen and oxygen atoms in total. The highest BCUT2D eigenvalue weighted by atomic mass is 32.2. The smallest absolute Gasteiger partial charge is 0.264 e. The number of thioether (sulfide) groups is 1. The summed E-state index contributed by atoms with van der Waals surface area (Å²) in [6.45, 7) is 1.39. The van der Waals surface area contributed by atoms with E-state index >= 15 is 0 Å². The maximum Gasteiger partial charge on any atom is 0.264 e. The van der Waals surface area contributed by atoms with Gasteiger partial charge in [-0.15, -0.1) is 11.8 Å². The van der Waals surface area contributed by atoms with Gasteiger partial charge in [0, 0.05) is 10.5 Å². The molecule has 0 bridgehead atoms. The van der Waals surface area contributed by atoms with E-state index in [-0.39, 0.29) is 10.5 Å². The molecule has 3 aromatic rings. The molecule has 0 fully saturated rings. The van der Waals surface area contributed by atoms with E-state index in [1.54, 1.807) is 48.5 Å². The first-order valence-electron chi connectivity index (χ1n) is 9.61. The molecule has 0 aliphatic carbocycles. The zero-order valence-electron chi connectivity index (χ0n) is 17.5. The van der Waals surface area contributed by atoms with Gasteiger partial charge < -0.3 is 0 Å². The van der Waals surface area contributed by atoms with Crippen LogP contribution < -0.4 is 9.73 Å². The van der Waals surface area contributed by atoms with E-state index in [9.17, 15) is 17.6 Å². The number of rotatable bonds is 8. The number of carbonyl (C=O) groups is 1. The maximum absolute atomic E-state index is 13.7. The fourth-order valence-corrected chi connectivity index (χ4v) is 4.65. The number of aryl methyl sites for hydroxylation is 1. The number of nitrogens with one attached hydrogen (secondary N) is 1. The van der Waals surface area contributed by atoms with Crippen LogP contribution in [0.15, 0.2) is 87.7 Å². The summed E-state index contributed by atoms with van der Waals surface area (Å²) >= 11 is 1.50. The largest absolute Gasteiger partial charge is 0.271 e. The molecule has 3 rings (SSSR count). The Hall–Kier alpha value is -3.17. The number of halogens is 1. The van der Waals surface area contributed by atoms with Gasteiger partial charge in [-0.1, -0.05) is 35.9 Å². The third kappa shape index (κ3) is 5.74. The Balaban J connectivity index is 1.85. The first-order valence-corrected chi connectivity index (χ1v) is 12.3. The summed E-state index contributed by atoms with van der Waals surface area (Å²) in [5.74, 6) is -1.15. The molecule has 9 heteroatoms. The number of hydrogen-bond acceptors (Lipinski definition) is 5. The van der Waals surface area contributed by atoms with E-state index < -0.39 is 28.3 Å². The van der Waals surface area contributed by atoms with Crippen LogP contribution in [-0.4, -0.2) is 33.3 Å². The highest BCUT2D eigenvalue weighted by Crippen LogP contribution is 2.25. The average molecular weight is 472 g/mol. The Bertz CT molecular complexity index is 1210. The molecular formula is C23H22FN3O3S2. The minimum Gasteiger partial charge on any atom is -0.271 e. The summed E-state index contributed by atoms with van der Waals surface area (Å²) in [6, 6.07) is 19.2. The first-order chi connectivity index (χ1) is 15.3. The van der Waals surface area contributed by atoms with Crippen LogP contribution in [0.25, 0.3) is 0 Å². The molecule has 0 unspecified atom stereocenters. The number of hydrazone groups is 1. The van der Waals surface area contributed by atoms with Gasteiger partial charge in [0.15, 0.2) is 0 Å². The van der Waals surface area contributed by atoms with Crippen molar-refractivity contribution in [1.82, 2.24) is 5.43 Å². The van der Waals surface area contributed by atoms with Crippen LogP contribution in [0.2, 0.25) is 0 Å². The second-order valence-corrected chi connectivity index (χ2v) is 9.58. The molecule has 1 N–H and O–H groups in total. The fraction of sp³-hybridized carbons (Fsp3) is 0.130. The summed E-state index contributed by atoms with van der Waals surface area (Å²) < 4.78 is 41.4. The molecule has 0 spiro atoms. The van der Waals surface area contributed by atoms with E-state index in [1.807, 2.05) is 13.2 Å². The highest BCUT2D eigenvalue weighted by molar-refractivity contribution is 7.98. The Morgan fingerprint density at radius 3 is 2.34 bits per heavy atom. The Labute approximate surface area is 191 Å².